The van der Waals surface area contributed by atoms with E-state index in [0.29, 0.717) is 5.69 Å². The Kier molecular flexibility index (Phi) is 1.91. The van der Waals surface area contributed by atoms with Gasteiger partial charge >= 0.3 is 0 Å². The first-order valence-electron chi connectivity index (χ1n) is 5.50. The number of benzene rings is 1. The zero-order valence-electron chi connectivity index (χ0n) is 9.45. The maximum absolute atomic E-state index is 13.0. The number of aromatic nitrogens is 2. The fraction of sp³-hybridized carbons (Fsp3) is 0.417. The van der Waals surface area contributed by atoms with Gasteiger partial charge in [0.25, 0.3) is 5.92 Å². The number of aryl methyl sites for hydroxylation is 1. The fourth-order valence-electron chi connectivity index (χ4n) is 2.78. The summed E-state index contributed by atoms with van der Waals surface area (Å²) in [7, 11) is 1.75. The van der Waals surface area contributed by atoms with Gasteiger partial charge in [-0.3, -0.25) is 4.68 Å². The highest BCUT2D eigenvalue weighted by atomic mass is 19.3. The van der Waals surface area contributed by atoms with Gasteiger partial charge in [0.1, 0.15) is 0 Å². The SMILES string of the molecule is Cn1nc2ccccc2c1C1(N)CC(F)(F)C1. The van der Waals surface area contributed by atoms with Gasteiger partial charge in [0, 0.05) is 25.3 Å². The largest absolute Gasteiger partial charge is 0.320 e. The Morgan fingerprint density at radius 3 is 2.59 bits per heavy atom. The Morgan fingerprint density at radius 2 is 1.94 bits per heavy atom. The Labute approximate surface area is 97.2 Å². The molecule has 0 amide bonds. The third-order valence-electron chi connectivity index (χ3n) is 3.36. The monoisotopic (exact) mass is 237 g/mol. The van der Waals surface area contributed by atoms with Crippen molar-refractivity contribution in [1.29, 1.82) is 0 Å². The molecule has 90 valence electrons. The first kappa shape index (κ1) is 10.7. The molecule has 1 heterocycles. The summed E-state index contributed by atoms with van der Waals surface area (Å²) in [6, 6.07) is 7.48. The minimum atomic E-state index is -2.64. The third-order valence-corrected chi connectivity index (χ3v) is 3.36. The van der Waals surface area contributed by atoms with Gasteiger partial charge in [-0.05, 0) is 6.07 Å². The van der Waals surface area contributed by atoms with Crippen molar-refractivity contribution in [3.63, 3.8) is 0 Å². The van der Waals surface area contributed by atoms with Gasteiger partial charge in [-0.2, -0.15) is 5.10 Å². The van der Waals surface area contributed by atoms with Crippen molar-refractivity contribution < 1.29 is 8.78 Å². The quantitative estimate of drug-likeness (QED) is 0.826. The molecule has 1 aliphatic rings. The number of nitrogens with two attached hydrogens (primary N) is 1. The normalized spacial score (nSPS) is 21.4. The summed E-state index contributed by atoms with van der Waals surface area (Å²) >= 11 is 0. The van der Waals surface area contributed by atoms with Crippen molar-refractivity contribution in [2.24, 2.45) is 12.8 Å². The maximum Gasteiger partial charge on any atom is 0.252 e. The van der Waals surface area contributed by atoms with E-state index in [1.54, 1.807) is 11.7 Å². The molecule has 17 heavy (non-hydrogen) atoms. The van der Waals surface area contributed by atoms with Crippen molar-refractivity contribution in [3.05, 3.63) is 30.0 Å². The van der Waals surface area contributed by atoms with Crippen molar-refractivity contribution >= 4 is 10.9 Å². The summed E-state index contributed by atoms with van der Waals surface area (Å²) in [4.78, 5) is 0. The van der Waals surface area contributed by atoms with Crippen molar-refractivity contribution in [2.45, 2.75) is 24.3 Å². The van der Waals surface area contributed by atoms with E-state index in [1.807, 2.05) is 24.3 Å². The van der Waals surface area contributed by atoms with Crippen molar-refractivity contribution in [2.75, 3.05) is 0 Å². The summed E-state index contributed by atoms with van der Waals surface area (Å²) in [5, 5.41) is 5.17. The lowest BCUT2D eigenvalue weighted by Gasteiger charge is -2.44. The standard InChI is InChI=1S/C12H13F2N3/c1-17-10(11(15)6-12(13,14)7-11)8-4-2-3-5-9(8)16-17/h2-5H,6-7,15H2,1H3. The molecule has 0 atom stereocenters. The molecule has 5 heteroatoms. The number of rotatable bonds is 1. The zero-order chi connectivity index (χ0) is 12.3. The average molecular weight is 237 g/mol. The van der Waals surface area contributed by atoms with E-state index in [9.17, 15) is 8.78 Å². The maximum atomic E-state index is 13.0. The van der Waals surface area contributed by atoms with Gasteiger partial charge in [0.05, 0.1) is 16.7 Å². The highest BCUT2D eigenvalue weighted by molar-refractivity contribution is 5.82. The van der Waals surface area contributed by atoms with Crippen LogP contribution in [-0.4, -0.2) is 15.7 Å². The highest BCUT2D eigenvalue weighted by Gasteiger charge is 2.57. The number of fused-ring (bicyclic) bond motifs is 1. The molecule has 0 spiro atoms. The molecule has 3 nitrogen and oxygen atoms in total. The van der Waals surface area contributed by atoms with E-state index in [2.05, 4.69) is 5.10 Å². The molecular formula is C12H13F2N3. The first-order chi connectivity index (χ1) is 7.91. The lowest BCUT2D eigenvalue weighted by atomic mass is 9.71. The summed E-state index contributed by atoms with van der Waals surface area (Å²) in [6.07, 6.45) is -0.604. The molecule has 1 saturated carbocycles. The molecule has 1 aromatic carbocycles. The Morgan fingerprint density at radius 1 is 1.29 bits per heavy atom. The highest BCUT2D eigenvalue weighted by Crippen LogP contribution is 2.51. The molecule has 0 bridgehead atoms. The van der Waals surface area contributed by atoms with E-state index < -0.39 is 11.5 Å². The second-order valence-corrected chi connectivity index (χ2v) is 4.86. The van der Waals surface area contributed by atoms with Crippen LogP contribution in [-0.2, 0) is 12.6 Å². The van der Waals surface area contributed by atoms with E-state index in [0.717, 1.165) is 10.9 Å². The van der Waals surface area contributed by atoms with Crippen molar-refractivity contribution in [3.8, 4) is 0 Å². The minimum absolute atomic E-state index is 0.302. The zero-order valence-corrected chi connectivity index (χ0v) is 9.45. The second kappa shape index (κ2) is 3.04. The van der Waals surface area contributed by atoms with Gasteiger partial charge in [-0.1, -0.05) is 18.2 Å². The molecule has 1 aromatic heterocycles. The van der Waals surface area contributed by atoms with Crippen LogP contribution in [0.5, 0.6) is 0 Å². The van der Waals surface area contributed by atoms with E-state index in [-0.39, 0.29) is 12.8 Å². The predicted octanol–water partition coefficient (Wildman–Crippen LogP) is 2.16. The Balaban J connectivity index is 2.15. The molecule has 2 N–H and O–H groups in total. The van der Waals surface area contributed by atoms with Gasteiger partial charge in [-0.25, -0.2) is 8.78 Å². The van der Waals surface area contributed by atoms with Crippen molar-refractivity contribution in [1.82, 2.24) is 9.78 Å². The van der Waals surface area contributed by atoms with Crippen LogP contribution in [0.3, 0.4) is 0 Å². The van der Waals surface area contributed by atoms with Crippen LogP contribution >= 0.6 is 0 Å². The summed E-state index contributed by atoms with van der Waals surface area (Å²) in [6.45, 7) is 0. The van der Waals surface area contributed by atoms with Crippen LogP contribution < -0.4 is 5.73 Å². The molecular weight excluding hydrogens is 224 g/mol. The fourth-order valence-corrected chi connectivity index (χ4v) is 2.78. The van der Waals surface area contributed by atoms with Crippen LogP contribution in [0.4, 0.5) is 8.78 Å². The second-order valence-electron chi connectivity index (χ2n) is 4.86. The summed E-state index contributed by atoms with van der Waals surface area (Å²) in [5.41, 5.74) is 6.62. The number of alkyl halides is 2. The molecule has 1 fully saturated rings. The summed E-state index contributed by atoms with van der Waals surface area (Å²) < 4.78 is 27.7. The van der Waals surface area contributed by atoms with E-state index in [4.69, 9.17) is 5.73 Å². The van der Waals surface area contributed by atoms with Crippen LogP contribution in [0.25, 0.3) is 10.9 Å². The third kappa shape index (κ3) is 1.45. The molecule has 0 aliphatic heterocycles. The average Bonchev–Trinajstić information content (AvgIpc) is 2.50. The Hall–Kier alpha value is -1.49. The van der Waals surface area contributed by atoms with Gasteiger partial charge in [0.15, 0.2) is 0 Å². The van der Waals surface area contributed by atoms with Crippen LogP contribution in [0, 0.1) is 0 Å². The molecule has 1 aliphatic carbocycles. The topological polar surface area (TPSA) is 43.8 Å². The Bertz CT molecular complexity index is 580. The number of hydrogen-bond donors (Lipinski definition) is 1. The number of halogens is 2. The van der Waals surface area contributed by atoms with Gasteiger partial charge in [-0.15, -0.1) is 0 Å². The molecule has 3 rings (SSSR count). The lowest BCUT2D eigenvalue weighted by molar-refractivity contribution is -0.126. The molecule has 0 radical (unpaired) electrons. The predicted molar refractivity (Wildman–Crippen MR) is 60.8 cm³/mol. The van der Waals surface area contributed by atoms with Gasteiger partial charge in [0.2, 0.25) is 0 Å². The molecule has 0 saturated heterocycles. The van der Waals surface area contributed by atoms with Crippen LogP contribution in [0.2, 0.25) is 0 Å². The molecule has 2 aromatic rings. The smallest absolute Gasteiger partial charge is 0.252 e. The minimum Gasteiger partial charge on any atom is -0.320 e. The lowest BCUT2D eigenvalue weighted by Crippen LogP contribution is -2.56. The van der Waals surface area contributed by atoms with Crippen LogP contribution in [0.1, 0.15) is 18.5 Å². The molecule has 0 unspecified atom stereocenters. The summed E-state index contributed by atoms with van der Waals surface area (Å²) in [5.74, 6) is -2.64. The first-order valence-corrected chi connectivity index (χ1v) is 5.50. The van der Waals surface area contributed by atoms with Crippen LogP contribution in [0.15, 0.2) is 24.3 Å². The number of hydrogen-bond acceptors (Lipinski definition) is 2. The van der Waals surface area contributed by atoms with E-state index in [1.165, 1.54) is 0 Å². The van der Waals surface area contributed by atoms with Gasteiger partial charge < -0.3 is 5.73 Å². The van der Waals surface area contributed by atoms with E-state index >= 15 is 0 Å². The number of nitrogens with zero attached hydrogens (tertiary/aromatic N) is 2.